The topological polar surface area (TPSA) is 88.4 Å². The Kier molecular flexibility index (Phi) is 5.99. The van der Waals surface area contributed by atoms with E-state index in [4.69, 9.17) is 4.74 Å². The number of aliphatic imine (C=N–C) groups is 1. The zero-order valence-corrected chi connectivity index (χ0v) is 14.4. The van der Waals surface area contributed by atoms with Crippen LogP contribution >= 0.6 is 11.8 Å². The molecule has 1 aromatic rings. The Morgan fingerprint density at radius 2 is 2.04 bits per heavy atom. The molecule has 0 unspecified atom stereocenters. The molecule has 0 aliphatic carbocycles. The van der Waals surface area contributed by atoms with Crippen molar-refractivity contribution in [3.63, 3.8) is 0 Å². The summed E-state index contributed by atoms with van der Waals surface area (Å²) in [6, 6.07) is 6.01. The van der Waals surface area contributed by atoms with Gasteiger partial charge in [0.1, 0.15) is 11.4 Å². The van der Waals surface area contributed by atoms with E-state index in [1.807, 2.05) is 0 Å². The molecule has 0 spiro atoms. The normalized spacial score (nSPS) is 17.0. The standard InChI is InChI=1S/C16H18N2O5S/c1-22-11-6-4-10(5-7-11)8-12-14(20)18(16(17-12)24-3)13(9-19)15(21)23-2/h4-8,13,19H,9H2,1-3H3/b12-8-/t13-/m0/s1. The summed E-state index contributed by atoms with van der Waals surface area (Å²) in [5.41, 5.74) is 0.954. The fourth-order valence-corrected chi connectivity index (χ4v) is 2.78. The molecule has 1 aliphatic heterocycles. The number of methoxy groups -OCH3 is 2. The van der Waals surface area contributed by atoms with Gasteiger partial charge in [-0.25, -0.2) is 9.79 Å². The van der Waals surface area contributed by atoms with Gasteiger partial charge in [-0.1, -0.05) is 23.9 Å². The van der Waals surface area contributed by atoms with Crippen LogP contribution in [0.4, 0.5) is 0 Å². The second-order valence-corrected chi connectivity index (χ2v) is 5.57. The quantitative estimate of drug-likeness (QED) is 0.633. The molecule has 1 aliphatic rings. The van der Waals surface area contributed by atoms with Crippen molar-refractivity contribution in [2.45, 2.75) is 6.04 Å². The van der Waals surface area contributed by atoms with E-state index in [9.17, 15) is 14.7 Å². The number of ether oxygens (including phenoxy) is 2. The molecule has 0 fully saturated rings. The first kappa shape index (κ1) is 18.0. The maximum Gasteiger partial charge on any atom is 0.331 e. The predicted octanol–water partition coefficient (Wildman–Crippen LogP) is 1.13. The Morgan fingerprint density at radius 1 is 1.38 bits per heavy atom. The lowest BCUT2D eigenvalue weighted by Crippen LogP contribution is -2.47. The molecular formula is C16H18N2O5S. The van der Waals surface area contributed by atoms with Gasteiger partial charge < -0.3 is 14.6 Å². The molecular weight excluding hydrogens is 332 g/mol. The average molecular weight is 350 g/mol. The number of thioether (sulfide) groups is 1. The predicted molar refractivity (Wildman–Crippen MR) is 91.7 cm³/mol. The number of amides is 1. The summed E-state index contributed by atoms with van der Waals surface area (Å²) in [4.78, 5) is 29.8. The summed E-state index contributed by atoms with van der Waals surface area (Å²) in [5, 5.41) is 9.80. The van der Waals surface area contributed by atoms with Crippen molar-refractivity contribution in [2.24, 2.45) is 4.99 Å². The average Bonchev–Trinajstić information content (AvgIpc) is 2.92. The molecule has 1 atom stereocenters. The smallest absolute Gasteiger partial charge is 0.331 e. The van der Waals surface area contributed by atoms with Gasteiger partial charge in [0, 0.05) is 0 Å². The number of benzene rings is 1. The van der Waals surface area contributed by atoms with E-state index in [1.54, 1.807) is 43.7 Å². The molecule has 7 nitrogen and oxygen atoms in total. The van der Waals surface area contributed by atoms with E-state index >= 15 is 0 Å². The number of carbonyl (C=O) groups excluding carboxylic acids is 2. The third-order valence-electron chi connectivity index (χ3n) is 3.42. The summed E-state index contributed by atoms with van der Waals surface area (Å²) < 4.78 is 9.74. The lowest BCUT2D eigenvalue weighted by atomic mass is 10.1. The van der Waals surface area contributed by atoms with Crippen LogP contribution in [0.15, 0.2) is 35.0 Å². The number of hydrogen-bond donors (Lipinski definition) is 1. The highest BCUT2D eigenvalue weighted by molar-refractivity contribution is 8.13. The Morgan fingerprint density at radius 3 is 2.54 bits per heavy atom. The van der Waals surface area contributed by atoms with Crippen LogP contribution in [0.5, 0.6) is 5.75 Å². The summed E-state index contributed by atoms with van der Waals surface area (Å²) >= 11 is 1.21. The number of aliphatic hydroxyl groups is 1. The molecule has 24 heavy (non-hydrogen) atoms. The highest BCUT2D eigenvalue weighted by Crippen LogP contribution is 2.25. The van der Waals surface area contributed by atoms with Crippen LogP contribution in [-0.2, 0) is 14.3 Å². The zero-order chi connectivity index (χ0) is 17.7. The van der Waals surface area contributed by atoms with Crippen LogP contribution in [-0.4, -0.2) is 60.2 Å². The lowest BCUT2D eigenvalue weighted by molar-refractivity contribution is -0.149. The van der Waals surface area contributed by atoms with Gasteiger partial charge in [0.05, 0.1) is 20.8 Å². The molecule has 1 heterocycles. The number of rotatable bonds is 5. The van der Waals surface area contributed by atoms with Gasteiger partial charge in [0.2, 0.25) is 0 Å². The van der Waals surface area contributed by atoms with E-state index in [1.165, 1.54) is 18.9 Å². The number of nitrogens with zero attached hydrogens (tertiary/aromatic N) is 2. The second-order valence-electron chi connectivity index (χ2n) is 4.80. The van der Waals surface area contributed by atoms with Crippen molar-refractivity contribution in [1.29, 1.82) is 0 Å². The molecule has 8 heteroatoms. The van der Waals surface area contributed by atoms with E-state index in [-0.39, 0.29) is 5.70 Å². The number of esters is 1. The maximum absolute atomic E-state index is 12.6. The van der Waals surface area contributed by atoms with Crippen molar-refractivity contribution < 1.29 is 24.2 Å². The van der Waals surface area contributed by atoms with Gasteiger partial charge in [-0.2, -0.15) is 0 Å². The Bertz CT molecular complexity index is 684. The maximum atomic E-state index is 12.6. The first-order chi connectivity index (χ1) is 11.5. The van der Waals surface area contributed by atoms with Crippen LogP contribution < -0.4 is 4.74 Å². The second kappa shape index (κ2) is 7.98. The van der Waals surface area contributed by atoms with Crippen molar-refractivity contribution in [3.05, 3.63) is 35.5 Å². The number of amidine groups is 1. The van der Waals surface area contributed by atoms with Gasteiger partial charge in [0.25, 0.3) is 5.91 Å². The molecule has 0 saturated carbocycles. The summed E-state index contributed by atoms with van der Waals surface area (Å²) in [6.45, 7) is -0.548. The number of aliphatic hydroxyl groups excluding tert-OH is 1. The van der Waals surface area contributed by atoms with E-state index in [2.05, 4.69) is 9.73 Å². The third-order valence-corrected chi connectivity index (χ3v) is 4.07. The van der Waals surface area contributed by atoms with E-state index in [0.29, 0.717) is 10.9 Å². The SMILES string of the molecule is COC(=O)[C@H](CO)N1C(=O)/C(=C/c2ccc(OC)cc2)N=C1SC. The number of carbonyl (C=O) groups is 2. The van der Waals surface area contributed by atoms with Crippen molar-refractivity contribution in [2.75, 3.05) is 27.1 Å². The Hall–Kier alpha value is -2.32. The lowest BCUT2D eigenvalue weighted by Gasteiger charge is -2.23. The minimum Gasteiger partial charge on any atom is -0.497 e. The largest absolute Gasteiger partial charge is 0.497 e. The summed E-state index contributed by atoms with van der Waals surface area (Å²) in [5.74, 6) is -0.450. The molecule has 0 saturated heterocycles. The molecule has 1 N–H and O–H groups in total. The van der Waals surface area contributed by atoms with Crippen molar-refractivity contribution in [3.8, 4) is 5.75 Å². The highest BCUT2D eigenvalue weighted by Gasteiger charge is 2.39. The molecule has 2 rings (SSSR count). The molecule has 0 bridgehead atoms. The number of hydrogen-bond acceptors (Lipinski definition) is 7. The van der Waals surface area contributed by atoms with Gasteiger partial charge in [0.15, 0.2) is 11.2 Å². The van der Waals surface area contributed by atoms with E-state index in [0.717, 1.165) is 10.5 Å². The van der Waals surface area contributed by atoms with Crippen LogP contribution in [0.25, 0.3) is 6.08 Å². The highest BCUT2D eigenvalue weighted by atomic mass is 32.2. The fourth-order valence-electron chi connectivity index (χ4n) is 2.18. The van der Waals surface area contributed by atoms with Gasteiger partial charge in [-0.05, 0) is 30.0 Å². The first-order valence-corrected chi connectivity index (χ1v) is 8.28. The van der Waals surface area contributed by atoms with E-state index < -0.39 is 24.5 Å². The Balaban J connectivity index is 2.33. The Labute approximate surface area is 144 Å². The van der Waals surface area contributed by atoms with Gasteiger partial charge in [-0.3, -0.25) is 9.69 Å². The van der Waals surface area contributed by atoms with Crippen LogP contribution in [0.2, 0.25) is 0 Å². The molecule has 1 amide bonds. The summed E-state index contributed by atoms with van der Waals surface area (Å²) in [6.07, 6.45) is 3.35. The molecule has 0 aromatic heterocycles. The molecule has 128 valence electrons. The first-order valence-electron chi connectivity index (χ1n) is 7.06. The third kappa shape index (κ3) is 3.60. The van der Waals surface area contributed by atoms with Crippen LogP contribution in [0.1, 0.15) is 5.56 Å². The van der Waals surface area contributed by atoms with Crippen molar-refractivity contribution >= 4 is 34.9 Å². The van der Waals surface area contributed by atoms with Crippen molar-refractivity contribution in [1.82, 2.24) is 4.90 Å². The zero-order valence-electron chi connectivity index (χ0n) is 13.6. The molecule has 1 aromatic carbocycles. The summed E-state index contributed by atoms with van der Waals surface area (Å²) in [7, 11) is 2.78. The van der Waals surface area contributed by atoms with Gasteiger partial charge >= 0.3 is 5.97 Å². The minimum absolute atomic E-state index is 0.187. The molecule has 0 radical (unpaired) electrons. The van der Waals surface area contributed by atoms with Crippen LogP contribution in [0, 0.1) is 0 Å². The minimum atomic E-state index is -1.12. The monoisotopic (exact) mass is 350 g/mol. The fraction of sp³-hybridized carbons (Fsp3) is 0.312. The van der Waals surface area contributed by atoms with Crippen LogP contribution in [0.3, 0.4) is 0 Å². The van der Waals surface area contributed by atoms with Gasteiger partial charge in [-0.15, -0.1) is 0 Å².